The van der Waals surface area contributed by atoms with Gasteiger partial charge in [0.15, 0.2) is 0 Å². The Bertz CT molecular complexity index is 373. The first-order valence-corrected chi connectivity index (χ1v) is 7.69. The van der Waals surface area contributed by atoms with Crippen LogP contribution in [0.5, 0.6) is 0 Å². The van der Waals surface area contributed by atoms with E-state index < -0.39 is 0 Å². The highest BCUT2D eigenvalue weighted by atomic mass is 16.3. The topological polar surface area (TPSA) is 28.4 Å². The van der Waals surface area contributed by atoms with Crippen molar-refractivity contribution in [3.8, 4) is 0 Å². The molecule has 3 heteroatoms. The van der Waals surface area contributed by atoms with Crippen LogP contribution in [0.15, 0.2) is 16.7 Å². The Hall–Kier alpha value is -0.800. The second-order valence-electron chi connectivity index (χ2n) is 6.14. The number of hydrogen-bond acceptors (Lipinski definition) is 3. The van der Waals surface area contributed by atoms with Crippen molar-refractivity contribution in [1.82, 2.24) is 10.2 Å². The summed E-state index contributed by atoms with van der Waals surface area (Å²) in [6.45, 7) is 11.0. The van der Waals surface area contributed by atoms with Crippen molar-refractivity contribution in [1.29, 1.82) is 0 Å². The summed E-state index contributed by atoms with van der Waals surface area (Å²) >= 11 is 0. The van der Waals surface area contributed by atoms with Crippen LogP contribution in [0, 0.1) is 5.92 Å². The van der Waals surface area contributed by atoms with Gasteiger partial charge in [0.25, 0.3) is 0 Å². The summed E-state index contributed by atoms with van der Waals surface area (Å²) in [6.07, 6.45) is 5.93. The molecule has 0 bridgehead atoms. The van der Waals surface area contributed by atoms with E-state index in [1.54, 1.807) is 0 Å². The summed E-state index contributed by atoms with van der Waals surface area (Å²) in [4.78, 5) is 2.53. The lowest BCUT2D eigenvalue weighted by atomic mass is 10.0. The molecule has 0 amide bonds. The second-order valence-corrected chi connectivity index (χ2v) is 6.14. The highest BCUT2D eigenvalue weighted by Crippen LogP contribution is 2.23. The van der Waals surface area contributed by atoms with Crippen molar-refractivity contribution >= 4 is 0 Å². The van der Waals surface area contributed by atoms with E-state index in [0.717, 1.165) is 24.8 Å². The molecule has 0 aromatic carbocycles. The number of likely N-dealkylation sites (tertiary alicyclic amines) is 1. The molecule has 108 valence electrons. The number of nitrogens with zero attached hydrogens (tertiary/aromatic N) is 1. The summed E-state index contributed by atoms with van der Waals surface area (Å²) in [5.41, 5.74) is 1.26. The third-order valence-corrected chi connectivity index (χ3v) is 3.87. The molecule has 1 unspecified atom stereocenters. The fraction of sp³-hybridized carbons (Fsp3) is 0.750. The molecule has 19 heavy (non-hydrogen) atoms. The molecular weight excluding hydrogens is 236 g/mol. The van der Waals surface area contributed by atoms with Gasteiger partial charge in [0, 0.05) is 24.7 Å². The zero-order valence-electron chi connectivity index (χ0n) is 12.6. The highest BCUT2D eigenvalue weighted by Gasteiger charge is 2.22. The van der Waals surface area contributed by atoms with Gasteiger partial charge in [-0.05, 0) is 31.4 Å². The maximum atomic E-state index is 5.67. The van der Waals surface area contributed by atoms with Crippen molar-refractivity contribution in [2.75, 3.05) is 13.1 Å². The lowest BCUT2D eigenvalue weighted by molar-refractivity contribution is 0.284. The Labute approximate surface area is 117 Å². The predicted molar refractivity (Wildman–Crippen MR) is 79.0 cm³/mol. The van der Waals surface area contributed by atoms with Crippen LogP contribution in [0.25, 0.3) is 0 Å². The van der Waals surface area contributed by atoms with E-state index in [0.29, 0.717) is 6.04 Å². The first-order valence-electron chi connectivity index (χ1n) is 7.69. The molecule has 0 saturated carbocycles. The number of nitrogens with one attached hydrogen (secondary N) is 1. The average molecular weight is 264 g/mol. The summed E-state index contributed by atoms with van der Waals surface area (Å²) in [7, 11) is 0. The molecule has 1 N–H and O–H groups in total. The summed E-state index contributed by atoms with van der Waals surface area (Å²) in [5, 5.41) is 3.42. The Morgan fingerprint density at radius 1 is 1.47 bits per heavy atom. The molecule has 1 aromatic rings. The summed E-state index contributed by atoms with van der Waals surface area (Å²) in [6, 6.07) is 2.72. The van der Waals surface area contributed by atoms with Crippen molar-refractivity contribution in [3.05, 3.63) is 23.7 Å². The van der Waals surface area contributed by atoms with Gasteiger partial charge >= 0.3 is 0 Å². The summed E-state index contributed by atoms with van der Waals surface area (Å²) < 4.78 is 5.67. The molecule has 1 fully saturated rings. The third kappa shape index (κ3) is 4.66. The van der Waals surface area contributed by atoms with Gasteiger partial charge in [0.2, 0.25) is 0 Å². The molecule has 0 radical (unpaired) electrons. The van der Waals surface area contributed by atoms with Gasteiger partial charge in [-0.15, -0.1) is 0 Å². The Kier molecular flexibility index (Phi) is 5.46. The largest absolute Gasteiger partial charge is 0.468 e. The van der Waals surface area contributed by atoms with Crippen LogP contribution in [0.4, 0.5) is 0 Å². The quantitative estimate of drug-likeness (QED) is 0.818. The fourth-order valence-corrected chi connectivity index (χ4v) is 2.84. The van der Waals surface area contributed by atoms with Gasteiger partial charge in [-0.2, -0.15) is 0 Å². The minimum Gasteiger partial charge on any atom is -0.468 e. The van der Waals surface area contributed by atoms with Crippen LogP contribution in [-0.4, -0.2) is 24.0 Å². The standard InChI is InChI=1S/C16H28N2O/c1-4-5-14-6-7-18(10-14)11-16-8-15(12-19-16)9-17-13(2)3/h8,12-14,17H,4-7,9-11H2,1-3H3. The van der Waals surface area contributed by atoms with Crippen LogP contribution in [-0.2, 0) is 13.1 Å². The van der Waals surface area contributed by atoms with E-state index in [1.165, 1.54) is 37.9 Å². The van der Waals surface area contributed by atoms with Crippen molar-refractivity contribution in [2.24, 2.45) is 5.92 Å². The first-order chi connectivity index (χ1) is 9.17. The zero-order chi connectivity index (χ0) is 13.7. The predicted octanol–water partition coefficient (Wildman–Crippen LogP) is 3.40. The maximum absolute atomic E-state index is 5.67. The lowest BCUT2D eigenvalue weighted by Crippen LogP contribution is -2.21. The Balaban J connectivity index is 1.77. The third-order valence-electron chi connectivity index (χ3n) is 3.87. The molecule has 0 spiro atoms. The van der Waals surface area contributed by atoms with Crippen LogP contribution in [0.2, 0.25) is 0 Å². The summed E-state index contributed by atoms with van der Waals surface area (Å²) in [5.74, 6) is 2.01. The Morgan fingerprint density at radius 2 is 2.32 bits per heavy atom. The van der Waals surface area contributed by atoms with Gasteiger partial charge in [-0.3, -0.25) is 4.90 Å². The Morgan fingerprint density at radius 3 is 3.05 bits per heavy atom. The van der Waals surface area contributed by atoms with Gasteiger partial charge in [0.05, 0.1) is 12.8 Å². The molecule has 1 aromatic heterocycles. The minimum absolute atomic E-state index is 0.520. The monoisotopic (exact) mass is 264 g/mol. The van der Waals surface area contributed by atoms with Crippen molar-refractivity contribution < 1.29 is 4.42 Å². The normalized spacial score (nSPS) is 20.5. The maximum Gasteiger partial charge on any atom is 0.118 e. The van der Waals surface area contributed by atoms with Crippen molar-refractivity contribution in [2.45, 2.75) is 59.2 Å². The molecule has 3 nitrogen and oxygen atoms in total. The van der Waals surface area contributed by atoms with Crippen LogP contribution < -0.4 is 5.32 Å². The number of rotatable bonds is 7. The van der Waals surface area contributed by atoms with Crippen molar-refractivity contribution in [3.63, 3.8) is 0 Å². The highest BCUT2D eigenvalue weighted by molar-refractivity contribution is 5.12. The van der Waals surface area contributed by atoms with E-state index >= 15 is 0 Å². The second kappa shape index (κ2) is 7.11. The molecule has 1 aliphatic rings. The molecular formula is C16H28N2O. The van der Waals surface area contributed by atoms with Crippen LogP contribution >= 0.6 is 0 Å². The number of hydrogen-bond donors (Lipinski definition) is 1. The van der Waals surface area contributed by atoms with Crippen LogP contribution in [0.3, 0.4) is 0 Å². The smallest absolute Gasteiger partial charge is 0.118 e. The molecule has 2 heterocycles. The molecule has 1 aliphatic heterocycles. The minimum atomic E-state index is 0.520. The first kappa shape index (κ1) is 14.6. The molecule has 1 saturated heterocycles. The lowest BCUT2D eigenvalue weighted by Gasteiger charge is -2.13. The van der Waals surface area contributed by atoms with E-state index in [9.17, 15) is 0 Å². The van der Waals surface area contributed by atoms with E-state index in [-0.39, 0.29) is 0 Å². The van der Waals surface area contributed by atoms with E-state index in [2.05, 4.69) is 37.1 Å². The SMILES string of the molecule is CCCC1CCN(Cc2cc(CNC(C)C)co2)C1. The van der Waals surface area contributed by atoms with Gasteiger partial charge in [-0.1, -0.05) is 27.2 Å². The molecule has 1 atom stereocenters. The van der Waals surface area contributed by atoms with Gasteiger partial charge in [-0.25, -0.2) is 0 Å². The fourth-order valence-electron chi connectivity index (χ4n) is 2.84. The zero-order valence-corrected chi connectivity index (χ0v) is 12.6. The van der Waals surface area contributed by atoms with E-state index in [4.69, 9.17) is 4.42 Å². The molecule has 2 rings (SSSR count). The number of furan rings is 1. The van der Waals surface area contributed by atoms with Crippen LogP contribution in [0.1, 0.15) is 51.4 Å². The van der Waals surface area contributed by atoms with E-state index in [1.807, 2.05) is 6.26 Å². The molecule has 0 aliphatic carbocycles. The average Bonchev–Trinajstić information content (AvgIpc) is 2.98. The van der Waals surface area contributed by atoms with Gasteiger partial charge in [0.1, 0.15) is 5.76 Å². The van der Waals surface area contributed by atoms with Gasteiger partial charge < -0.3 is 9.73 Å².